The van der Waals surface area contributed by atoms with Crippen LogP contribution in [0.2, 0.25) is 0 Å². The van der Waals surface area contributed by atoms with E-state index < -0.39 is 7.37 Å². The summed E-state index contributed by atoms with van der Waals surface area (Å²) in [7, 11) is -3.63. The van der Waals surface area contributed by atoms with Crippen LogP contribution in [-0.2, 0) is 11.0 Å². The lowest BCUT2D eigenvalue weighted by molar-refractivity contribution is 0.455. The maximum atomic E-state index is 13.9. The fourth-order valence-corrected chi connectivity index (χ4v) is 5.60. The minimum Gasteiger partial charge on any atom is -0.508 e. The summed E-state index contributed by atoms with van der Waals surface area (Å²) in [6.45, 7) is 3.64. The van der Waals surface area contributed by atoms with Gasteiger partial charge in [0, 0.05) is 11.1 Å². The molecule has 0 spiro atoms. The lowest BCUT2D eigenvalue weighted by Crippen LogP contribution is -2.25. The van der Waals surface area contributed by atoms with Gasteiger partial charge in [-0.25, -0.2) is 0 Å². The standard InChI is InChI=1S/C21H17O4P/c1-2-7-14-12-18(23)21(13-17(14)22)26(24)20-11-6-4-9-16(20)15-8-3-5-10-19(15)25-26/h2-6,8-13,22-23H,1,7H2. The molecule has 5 heteroatoms. The van der Waals surface area contributed by atoms with Crippen molar-refractivity contribution in [2.24, 2.45) is 0 Å². The molecule has 0 bridgehead atoms. The summed E-state index contributed by atoms with van der Waals surface area (Å²) < 4.78 is 19.9. The van der Waals surface area contributed by atoms with Crippen LogP contribution in [0.25, 0.3) is 11.1 Å². The van der Waals surface area contributed by atoms with Crippen molar-refractivity contribution in [3.05, 3.63) is 78.9 Å². The number of phenols is 2. The zero-order valence-corrected chi connectivity index (χ0v) is 14.8. The number of benzene rings is 3. The number of rotatable bonds is 3. The Morgan fingerprint density at radius 1 is 0.923 bits per heavy atom. The molecule has 1 unspecified atom stereocenters. The van der Waals surface area contributed by atoms with Crippen molar-refractivity contribution in [3.8, 4) is 28.4 Å². The van der Waals surface area contributed by atoms with E-state index in [9.17, 15) is 14.8 Å². The molecule has 1 heterocycles. The van der Waals surface area contributed by atoms with Crippen LogP contribution in [0.5, 0.6) is 17.2 Å². The summed E-state index contributed by atoms with van der Waals surface area (Å²) in [6, 6.07) is 17.4. The van der Waals surface area contributed by atoms with E-state index in [1.54, 1.807) is 24.3 Å². The molecule has 1 aliphatic rings. The molecule has 26 heavy (non-hydrogen) atoms. The van der Waals surface area contributed by atoms with E-state index >= 15 is 0 Å². The number of hydrogen-bond acceptors (Lipinski definition) is 4. The molecule has 0 radical (unpaired) electrons. The summed E-state index contributed by atoms with van der Waals surface area (Å²) in [6.07, 6.45) is 2.02. The van der Waals surface area contributed by atoms with Crippen molar-refractivity contribution in [1.82, 2.24) is 0 Å². The normalized spacial score (nSPS) is 17.7. The third-order valence-corrected chi connectivity index (χ3v) is 6.95. The lowest BCUT2D eigenvalue weighted by atomic mass is 10.0. The van der Waals surface area contributed by atoms with Gasteiger partial charge in [-0.1, -0.05) is 42.5 Å². The molecule has 0 aromatic heterocycles. The Bertz CT molecular complexity index is 1070. The van der Waals surface area contributed by atoms with Gasteiger partial charge in [-0.2, -0.15) is 0 Å². The van der Waals surface area contributed by atoms with Crippen molar-refractivity contribution in [2.45, 2.75) is 6.42 Å². The fourth-order valence-electron chi connectivity index (χ4n) is 3.26. The first-order valence-corrected chi connectivity index (χ1v) is 9.82. The molecule has 0 aliphatic carbocycles. The van der Waals surface area contributed by atoms with Gasteiger partial charge in [0.2, 0.25) is 0 Å². The quantitative estimate of drug-likeness (QED) is 0.417. The van der Waals surface area contributed by atoms with E-state index in [2.05, 4.69) is 6.58 Å². The molecular formula is C21H17O4P. The largest absolute Gasteiger partial charge is 0.508 e. The molecular weight excluding hydrogens is 347 g/mol. The second-order valence-electron chi connectivity index (χ2n) is 6.12. The Morgan fingerprint density at radius 3 is 2.38 bits per heavy atom. The smallest absolute Gasteiger partial charge is 0.311 e. The molecule has 4 rings (SSSR count). The van der Waals surface area contributed by atoms with Gasteiger partial charge in [0.15, 0.2) is 0 Å². The molecule has 130 valence electrons. The number of hydrogen-bond donors (Lipinski definition) is 2. The Labute approximate surface area is 151 Å². The van der Waals surface area contributed by atoms with Gasteiger partial charge < -0.3 is 14.7 Å². The van der Waals surface area contributed by atoms with Crippen LogP contribution in [0, 0.1) is 0 Å². The monoisotopic (exact) mass is 364 g/mol. The average molecular weight is 364 g/mol. The van der Waals surface area contributed by atoms with Crippen LogP contribution in [0.1, 0.15) is 5.56 Å². The molecule has 1 aliphatic heterocycles. The van der Waals surface area contributed by atoms with Crippen molar-refractivity contribution >= 4 is 18.0 Å². The summed E-state index contributed by atoms with van der Waals surface area (Å²) >= 11 is 0. The van der Waals surface area contributed by atoms with Gasteiger partial charge in [0.1, 0.15) is 17.2 Å². The van der Waals surface area contributed by atoms with Crippen LogP contribution in [0.3, 0.4) is 0 Å². The zero-order valence-electron chi connectivity index (χ0n) is 13.9. The Kier molecular flexibility index (Phi) is 3.86. The Morgan fingerprint density at radius 2 is 1.62 bits per heavy atom. The second-order valence-corrected chi connectivity index (χ2v) is 8.37. The van der Waals surface area contributed by atoms with Crippen molar-refractivity contribution in [3.63, 3.8) is 0 Å². The maximum absolute atomic E-state index is 13.9. The zero-order chi connectivity index (χ0) is 18.3. The summed E-state index contributed by atoms with van der Waals surface area (Å²) in [5, 5.41) is 21.4. The molecule has 4 nitrogen and oxygen atoms in total. The first-order chi connectivity index (χ1) is 12.5. The molecule has 0 saturated heterocycles. The molecule has 0 amide bonds. The number of aromatic hydroxyl groups is 2. The third kappa shape index (κ3) is 2.42. The first-order valence-electron chi connectivity index (χ1n) is 8.19. The lowest BCUT2D eigenvalue weighted by Gasteiger charge is -2.29. The molecule has 0 fully saturated rings. The van der Waals surface area contributed by atoms with Crippen LogP contribution >= 0.6 is 7.37 Å². The van der Waals surface area contributed by atoms with Crippen molar-refractivity contribution < 1.29 is 19.3 Å². The van der Waals surface area contributed by atoms with Crippen LogP contribution in [0.15, 0.2) is 73.3 Å². The molecule has 1 atom stereocenters. The highest BCUT2D eigenvalue weighted by Gasteiger charge is 2.40. The maximum Gasteiger partial charge on any atom is 0.311 e. The number of allylic oxidation sites excluding steroid dienone is 1. The van der Waals surface area contributed by atoms with Gasteiger partial charge in [-0.15, -0.1) is 6.58 Å². The van der Waals surface area contributed by atoms with Gasteiger partial charge >= 0.3 is 7.37 Å². The third-order valence-electron chi connectivity index (χ3n) is 4.48. The van der Waals surface area contributed by atoms with E-state index in [4.69, 9.17) is 4.52 Å². The van der Waals surface area contributed by atoms with Gasteiger partial charge in [0.05, 0.1) is 10.6 Å². The summed E-state index contributed by atoms with van der Waals surface area (Å²) in [5.41, 5.74) is 2.16. The highest BCUT2D eigenvalue weighted by atomic mass is 31.2. The fraction of sp³-hybridized carbons (Fsp3) is 0.0476. The number of para-hydroxylation sites is 1. The Hall–Kier alpha value is -2.97. The predicted octanol–water partition coefficient (Wildman–Crippen LogP) is 4.11. The van der Waals surface area contributed by atoms with E-state index in [-0.39, 0.29) is 16.8 Å². The second kappa shape index (κ2) is 6.08. The first kappa shape index (κ1) is 16.5. The SMILES string of the molecule is C=CCc1cc(O)c(P2(=O)Oc3ccccc3-c3ccccc32)cc1O. The van der Waals surface area contributed by atoms with Crippen LogP contribution in [0.4, 0.5) is 0 Å². The van der Waals surface area contributed by atoms with Gasteiger partial charge in [-0.05, 0) is 36.2 Å². The van der Waals surface area contributed by atoms with Crippen LogP contribution < -0.4 is 15.1 Å². The number of phenolic OH excluding ortho intramolecular Hbond substituents is 2. The van der Waals surface area contributed by atoms with Gasteiger partial charge in [-0.3, -0.25) is 4.57 Å². The summed E-state index contributed by atoms with van der Waals surface area (Å²) in [5.74, 6) is 0.272. The average Bonchev–Trinajstić information content (AvgIpc) is 2.65. The topological polar surface area (TPSA) is 66.8 Å². The van der Waals surface area contributed by atoms with E-state index in [1.807, 2.05) is 30.3 Å². The molecule has 3 aromatic rings. The molecule has 0 saturated carbocycles. The van der Waals surface area contributed by atoms with Crippen LogP contribution in [-0.4, -0.2) is 10.2 Å². The highest BCUT2D eigenvalue weighted by Crippen LogP contribution is 2.55. The Balaban J connectivity index is 1.97. The predicted molar refractivity (Wildman–Crippen MR) is 103 cm³/mol. The van der Waals surface area contributed by atoms with Crippen molar-refractivity contribution in [1.29, 1.82) is 0 Å². The summed E-state index contributed by atoms with van der Waals surface area (Å²) in [4.78, 5) is 0. The molecule has 2 N–H and O–H groups in total. The number of fused-ring (bicyclic) bond motifs is 3. The molecule has 3 aromatic carbocycles. The van der Waals surface area contributed by atoms with E-state index in [0.29, 0.717) is 23.0 Å². The minimum atomic E-state index is -3.63. The van der Waals surface area contributed by atoms with E-state index in [1.165, 1.54) is 12.1 Å². The highest BCUT2D eigenvalue weighted by molar-refractivity contribution is 7.75. The van der Waals surface area contributed by atoms with Crippen molar-refractivity contribution in [2.75, 3.05) is 0 Å². The van der Waals surface area contributed by atoms with Gasteiger partial charge in [0.25, 0.3) is 0 Å². The minimum absolute atomic E-state index is 0.0483. The van der Waals surface area contributed by atoms with E-state index in [0.717, 1.165) is 11.1 Å².